The van der Waals surface area contributed by atoms with Crippen molar-refractivity contribution in [3.05, 3.63) is 51.7 Å². The van der Waals surface area contributed by atoms with Crippen LogP contribution >= 0.6 is 11.3 Å². The minimum Gasteiger partial charge on any atom is -0.335 e. The van der Waals surface area contributed by atoms with Crippen LogP contribution in [0.1, 0.15) is 40.8 Å². The van der Waals surface area contributed by atoms with Crippen molar-refractivity contribution in [2.75, 3.05) is 0 Å². The highest BCUT2D eigenvalue weighted by Gasteiger charge is 2.39. The van der Waals surface area contributed by atoms with E-state index in [0.717, 1.165) is 21.9 Å². The first-order valence-electron chi connectivity index (χ1n) is 7.28. The van der Waals surface area contributed by atoms with E-state index < -0.39 is 0 Å². The molecule has 2 N–H and O–H groups in total. The fourth-order valence-corrected chi connectivity index (χ4v) is 3.28. The van der Waals surface area contributed by atoms with Crippen molar-refractivity contribution >= 4 is 17.4 Å². The van der Waals surface area contributed by atoms with Crippen molar-refractivity contribution in [2.24, 2.45) is 0 Å². The first-order valence-corrected chi connectivity index (χ1v) is 8.09. The lowest BCUT2D eigenvalue weighted by atomic mass is 10.1. The lowest BCUT2D eigenvalue weighted by molar-refractivity contribution is 0.237. The van der Waals surface area contributed by atoms with Gasteiger partial charge in [0.25, 0.3) is 0 Å². The second kappa shape index (κ2) is 6.04. The number of nitrogens with zero attached hydrogens (tertiary/aromatic N) is 1. The standard InChI is InChI=1S/C16H18FN3OS/c1-9-8-18-15(22-9)10(2)19-16(21)20-14-7-13(14)11-4-3-5-12(17)6-11/h3-6,8,10,13-14H,7H2,1-2H3,(H2,19,20,21)/t10-,13+,14-/m1/s1. The number of halogens is 1. The average Bonchev–Trinajstić information content (AvgIpc) is 3.08. The summed E-state index contributed by atoms with van der Waals surface area (Å²) in [5.41, 5.74) is 0.939. The van der Waals surface area contributed by atoms with E-state index in [-0.39, 0.29) is 29.8 Å². The SMILES string of the molecule is Cc1cnc([C@@H](C)NC(=O)N[C@@H]2C[C@H]2c2cccc(F)c2)s1. The van der Waals surface area contributed by atoms with Crippen molar-refractivity contribution in [1.29, 1.82) is 0 Å². The molecule has 1 aliphatic carbocycles. The van der Waals surface area contributed by atoms with Crippen LogP contribution in [-0.4, -0.2) is 17.1 Å². The number of hydrogen-bond acceptors (Lipinski definition) is 3. The third-order valence-electron chi connectivity index (χ3n) is 3.74. The van der Waals surface area contributed by atoms with Gasteiger partial charge in [-0.05, 0) is 38.0 Å². The molecule has 0 spiro atoms. The maximum absolute atomic E-state index is 13.2. The molecule has 2 aromatic rings. The van der Waals surface area contributed by atoms with Crippen molar-refractivity contribution in [1.82, 2.24) is 15.6 Å². The highest BCUT2D eigenvalue weighted by molar-refractivity contribution is 7.11. The van der Waals surface area contributed by atoms with E-state index in [9.17, 15) is 9.18 Å². The van der Waals surface area contributed by atoms with Crippen molar-refractivity contribution < 1.29 is 9.18 Å². The zero-order valence-electron chi connectivity index (χ0n) is 12.5. The number of rotatable bonds is 4. The second-order valence-corrected chi connectivity index (χ2v) is 6.92. The van der Waals surface area contributed by atoms with Gasteiger partial charge >= 0.3 is 6.03 Å². The van der Waals surface area contributed by atoms with E-state index in [1.165, 1.54) is 12.1 Å². The monoisotopic (exact) mass is 319 g/mol. The number of nitrogens with one attached hydrogen (secondary N) is 2. The predicted octanol–water partition coefficient (Wildman–Crippen LogP) is 3.51. The van der Waals surface area contributed by atoms with Gasteiger partial charge in [-0.1, -0.05) is 12.1 Å². The Balaban J connectivity index is 1.51. The van der Waals surface area contributed by atoms with Crippen molar-refractivity contribution in [2.45, 2.75) is 38.3 Å². The number of amides is 2. The van der Waals surface area contributed by atoms with Crippen LogP contribution in [0.4, 0.5) is 9.18 Å². The summed E-state index contributed by atoms with van der Waals surface area (Å²) in [6.45, 7) is 3.90. The summed E-state index contributed by atoms with van der Waals surface area (Å²) in [7, 11) is 0. The Bertz CT molecular complexity index is 688. The summed E-state index contributed by atoms with van der Waals surface area (Å²) in [6.07, 6.45) is 2.65. The molecule has 1 saturated carbocycles. The van der Waals surface area contributed by atoms with Crippen LogP contribution in [0.25, 0.3) is 0 Å². The van der Waals surface area contributed by atoms with Crippen LogP contribution in [0.2, 0.25) is 0 Å². The molecule has 0 bridgehead atoms. The van der Waals surface area contributed by atoms with Gasteiger partial charge in [-0.2, -0.15) is 0 Å². The number of aromatic nitrogens is 1. The molecular formula is C16H18FN3OS. The van der Waals surface area contributed by atoms with E-state index in [4.69, 9.17) is 0 Å². The molecule has 1 heterocycles. The molecule has 1 aromatic heterocycles. The highest BCUT2D eigenvalue weighted by atomic mass is 32.1. The van der Waals surface area contributed by atoms with Gasteiger partial charge in [0.1, 0.15) is 10.8 Å². The van der Waals surface area contributed by atoms with Gasteiger partial charge in [-0.15, -0.1) is 11.3 Å². The first kappa shape index (κ1) is 15.0. The summed E-state index contributed by atoms with van der Waals surface area (Å²) in [5, 5.41) is 6.72. The first-order chi connectivity index (χ1) is 10.5. The second-order valence-electron chi connectivity index (χ2n) is 5.65. The molecule has 1 fully saturated rings. The molecule has 22 heavy (non-hydrogen) atoms. The molecule has 6 heteroatoms. The zero-order valence-corrected chi connectivity index (χ0v) is 13.3. The molecule has 1 aromatic carbocycles. The summed E-state index contributed by atoms with van der Waals surface area (Å²) < 4.78 is 13.2. The van der Waals surface area contributed by atoms with Gasteiger partial charge in [0.2, 0.25) is 0 Å². The molecule has 1 aliphatic rings. The molecule has 116 valence electrons. The number of carbonyl (C=O) groups is 1. The van der Waals surface area contributed by atoms with Crippen molar-refractivity contribution in [3.63, 3.8) is 0 Å². The fourth-order valence-electron chi connectivity index (χ4n) is 2.50. The topological polar surface area (TPSA) is 54.0 Å². The lowest BCUT2D eigenvalue weighted by Crippen LogP contribution is -2.38. The molecule has 0 saturated heterocycles. The molecule has 4 nitrogen and oxygen atoms in total. The van der Waals surface area contributed by atoms with Crippen LogP contribution in [0, 0.1) is 12.7 Å². The molecule has 0 aliphatic heterocycles. The van der Waals surface area contributed by atoms with Gasteiger partial charge in [0, 0.05) is 23.0 Å². The van der Waals surface area contributed by atoms with Gasteiger partial charge < -0.3 is 10.6 Å². The van der Waals surface area contributed by atoms with Crippen LogP contribution in [-0.2, 0) is 0 Å². The van der Waals surface area contributed by atoms with Gasteiger partial charge in [0.15, 0.2) is 0 Å². The number of carbonyl (C=O) groups excluding carboxylic acids is 1. The van der Waals surface area contributed by atoms with E-state index in [0.29, 0.717) is 0 Å². The van der Waals surface area contributed by atoms with E-state index >= 15 is 0 Å². The van der Waals surface area contributed by atoms with Gasteiger partial charge in [0.05, 0.1) is 6.04 Å². The maximum atomic E-state index is 13.2. The van der Waals surface area contributed by atoms with Gasteiger partial charge in [-0.25, -0.2) is 14.2 Å². The van der Waals surface area contributed by atoms with E-state index in [1.54, 1.807) is 23.6 Å². The predicted molar refractivity (Wildman–Crippen MR) is 84.5 cm³/mol. The lowest BCUT2D eigenvalue weighted by Gasteiger charge is -2.12. The van der Waals surface area contributed by atoms with Crippen LogP contribution < -0.4 is 10.6 Å². The fraction of sp³-hybridized carbons (Fsp3) is 0.375. The number of aryl methyl sites for hydroxylation is 1. The maximum Gasteiger partial charge on any atom is 0.315 e. The van der Waals surface area contributed by atoms with Crippen molar-refractivity contribution in [3.8, 4) is 0 Å². The zero-order chi connectivity index (χ0) is 15.7. The summed E-state index contributed by atoms with van der Waals surface area (Å²) in [4.78, 5) is 17.4. The molecule has 0 radical (unpaired) electrons. The Morgan fingerprint density at radius 3 is 3.00 bits per heavy atom. The minimum absolute atomic E-state index is 0.0760. The number of hydrogen-bond donors (Lipinski definition) is 2. The molecule has 2 amide bonds. The summed E-state index contributed by atoms with van der Waals surface area (Å²) in [6, 6.07) is 6.31. The largest absolute Gasteiger partial charge is 0.335 e. The molecule has 3 rings (SSSR count). The smallest absolute Gasteiger partial charge is 0.315 e. The average molecular weight is 319 g/mol. The molecule has 3 atom stereocenters. The molecule has 0 unspecified atom stereocenters. The van der Waals surface area contributed by atoms with Crippen LogP contribution in [0.5, 0.6) is 0 Å². The van der Waals surface area contributed by atoms with E-state index in [2.05, 4.69) is 15.6 Å². The third-order valence-corrected chi connectivity index (χ3v) is 4.84. The van der Waals surface area contributed by atoms with Crippen LogP contribution in [0.15, 0.2) is 30.5 Å². The Labute approximate surface area is 132 Å². The van der Waals surface area contributed by atoms with Crippen LogP contribution in [0.3, 0.4) is 0 Å². The number of thiazole rings is 1. The summed E-state index contributed by atoms with van der Waals surface area (Å²) >= 11 is 1.58. The summed E-state index contributed by atoms with van der Waals surface area (Å²) in [5.74, 6) is -0.0285. The number of benzene rings is 1. The minimum atomic E-state index is -0.236. The van der Waals surface area contributed by atoms with E-state index in [1.807, 2.05) is 19.9 Å². The Morgan fingerprint density at radius 2 is 2.32 bits per heavy atom. The highest BCUT2D eigenvalue weighted by Crippen LogP contribution is 2.40. The Kier molecular flexibility index (Phi) is 4.11. The quantitative estimate of drug-likeness (QED) is 0.906. The Morgan fingerprint density at radius 1 is 1.50 bits per heavy atom. The number of urea groups is 1. The third kappa shape index (κ3) is 3.44. The van der Waals surface area contributed by atoms with Gasteiger partial charge in [-0.3, -0.25) is 0 Å². The normalized spacial score (nSPS) is 21.2. The molecular weight excluding hydrogens is 301 g/mol. The Hall–Kier alpha value is -1.95.